The molecule has 4 rings (SSSR count). The number of hydrogen-bond acceptors (Lipinski definition) is 4. The number of para-hydroxylation sites is 1. The monoisotopic (exact) mass is 451 g/mol. The Morgan fingerprint density at radius 3 is 2.38 bits per heavy atom. The molecule has 1 atom stereocenters. The quantitative estimate of drug-likeness (QED) is 0.292. The number of rotatable bonds is 6. The van der Waals surface area contributed by atoms with Crippen LogP contribution in [0.2, 0.25) is 0 Å². The van der Waals surface area contributed by atoms with Gasteiger partial charge in [-0.1, -0.05) is 59.8 Å². The fourth-order valence-corrected chi connectivity index (χ4v) is 3.50. The molecule has 1 unspecified atom stereocenters. The highest BCUT2D eigenvalue weighted by Gasteiger charge is 2.22. The van der Waals surface area contributed by atoms with Gasteiger partial charge in [0.1, 0.15) is 17.6 Å². The Bertz CT molecular complexity index is 1350. The minimum absolute atomic E-state index is 0.109. The Kier molecular flexibility index (Phi) is 6.60. The molecule has 0 aliphatic heterocycles. The number of likely N-dealkylation sites (N-methyl/N-ethyl adjacent to an activating group) is 1. The summed E-state index contributed by atoms with van der Waals surface area (Å²) in [6.45, 7) is 1.78. The van der Waals surface area contributed by atoms with E-state index in [0.29, 0.717) is 11.3 Å². The first kappa shape index (κ1) is 22.6. The number of aromatic nitrogens is 3. The van der Waals surface area contributed by atoms with E-state index in [-0.39, 0.29) is 11.7 Å². The predicted octanol–water partition coefficient (Wildman–Crippen LogP) is 5.37. The third-order valence-electron chi connectivity index (χ3n) is 5.53. The number of carbonyl (C=O) groups is 1. The van der Waals surface area contributed by atoms with Gasteiger partial charge < -0.3 is 4.90 Å². The van der Waals surface area contributed by atoms with Crippen molar-refractivity contribution in [2.45, 2.75) is 13.0 Å². The molecule has 168 valence electrons. The highest BCUT2D eigenvalue weighted by atomic mass is 19.1. The number of nitrogens with zero attached hydrogens (tertiary/aromatic N) is 5. The first-order valence-electron chi connectivity index (χ1n) is 10.7. The van der Waals surface area contributed by atoms with E-state index in [1.54, 1.807) is 48.0 Å². The second kappa shape index (κ2) is 9.92. The molecule has 6 nitrogen and oxygen atoms in total. The maximum Gasteiger partial charge on any atom is 0.251 e. The molecule has 4 aromatic rings. The summed E-state index contributed by atoms with van der Waals surface area (Å²) in [4.78, 5) is 14.5. The minimum Gasteiger partial charge on any atom is -0.314 e. The zero-order chi connectivity index (χ0) is 24.1. The Morgan fingerprint density at radius 2 is 1.74 bits per heavy atom. The van der Waals surface area contributed by atoms with Gasteiger partial charge in [-0.05, 0) is 48.4 Å². The molecule has 7 heteroatoms. The second-order valence-corrected chi connectivity index (χ2v) is 7.79. The van der Waals surface area contributed by atoms with Gasteiger partial charge in [-0.15, -0.1) is 5.10 Å². The molecule has 34 heavy (non-hydrogen) atoms. The third-order valence-corrected chi connectivity index (χ3v) is 5.53. The zero-order valence-corrected chi connectivity index (χ0v) is 18.8. The number of allylic oxidation sites excluding steroid dienone is 1. The van der Waals surface area contributed by atoms with E-state index in [0.717, 1.165) is 22.4 Å². The highest BCUT2D eigenvalue weighted by molar-refractivity contribution is 5.95. The van der Waals surface area contributed by atoms with Crippen molar-refractivity contribution in [3.63, 3.8) is 0 Å². The molecule has 0 saturated heterocycles. The van der Waals surface area contributed by atoms with Crippen LogP contribution in [0.5, 0.6) is 0 Å². The average molecular weight is 452 g/mol. The summed E-state index contributed by atoms with van der Waals surface area (Å²) in [5, 5.41) is 17.9. The van der Waals surface area contributed by atoms with Gasteiger partial charge in [0.25, 0.3) is 5.91 Å². The highest BCUT2D eigenvalue weighted by Crippen LogP contribution is 2.24. The van der Waals surface area contributed by atoms with Crippen LogP contribution in [0.3, 0.4) is 0 Å². The van der Waals surface area contributed by atoms with Crippen LogP contribution in [0.25, 0.3) is 22.9 Å². The van der Waals surface area contributed by atoms with Crippen molar-refractivity contribution in [3.05, 3.63) is 102 Å². The lowest BCUT2D eigenvalue weighted by Gasteiger charge is -2.21. The molecule has 0 N–H and O–H groups in total. The van der Waals surface area contributed by atoms with E-state index >= 15 is 0 Å². The number of halogens is 1. The maximum absolute atomic E-state index is 13.1. The van der Waals surface area contributed by atoms with Crippen LogP contribution in [0.1, 0.15) is 24.1 Å². The molecule has 3 aromatic carbocycles. The van der Waals surface area contributed by atoms with Crippen LogP contribution in [0.15, 0.2) is 85.1 Å². The molecule has 0 spiro atoms. The third kappa shape index (κ3) is 4.92. The lowest BCUT2D eigenvalue weighted by Crippen LogP contribution is -2.33. The SMILES string of the molecule is CC(C(=O)N(C)c1ccccc1)n1cc(-c2ccc(/C(C#N)=C/c3ccc(F)cc3)cc2)nn1. The van der Waals surface area contributed by atoms with Crippen LogP contribution in [0.4, 0.5) is 10.1 Å². The molecule has 1 heterocycles. The van der Waals surface area contributed by atoms with Crippen molar-refractivity contribution < 1.29 is 9.18 Å². The van der Waals surface area contributed by atoms with Crippen LogP contribution in [-0.2, 0) is 4.79 Å². The first-order chi connectivity index (χ1) is 16.5. The van der Waals surface area contributed by atoms with E-state index in [2.05, 4.69) is 16.4 Å². The number of anilines is 1. The van der Waals surface area contributed by atoms with Crippen LogP contribution in [-0.4, -0.2) is 27.9 Å². The lowest BCUT2D eigenvalue weighted by atomic mass is 10.0. The van der Waals surface area contributed by atoms with Crippen LogP contribution < -0.4 is 4.90 Å². The van der Waals surface area contributed by atoms with E-state index in [1.165, 1.54) is 12.1 Å². The van der Waals surface area contributed by atoms with Gasteiger partial charge in [-0.3, -0.25) is 4.79 Å². The fraction of sp³-hybridized carbons (Fsp3) is 0.111. The molecule has 1 amide bonds. The number of carbonyl (C=O) groups excluding carboxylic acids is 1. The van der Waals surface area contributed by atoms with Gasteiger partial charge >= 0.3 is 0 Å². The summed E-state index contributed by atoms with van der Waals surface area (Å²) in [5.74, 6) is -0.432. The van der Waals surface area contributed by atoms with Gasteiger partial charge in [0, 0.05) is 18.3 Å². The summed E-state index contributed by atoms with van der Waals surface area (Å²) >= 11 is 0. The van der Waals surface area contributed by atoms with Crippen molar-refractivity contribution >= 4 is 23.2 Å². The van der Waals surface area contributed by atoms with Crippen LogP contribution >= 0.6 is 0 Å². The zero-order valence-electron chi connectivity index (χ0n) is 18.8. The normalized spacial score (nSPS) is 12.1. The Hall–Kier alpha value is -4.57. The van der Waals surface area contributed by atoms with Crippen molar-refractivity contribution in [1.82, 2.24) is 15.0 Å². The summed E-state index contributed by atoms with van der Waals surface area (Å²) in [7, 11) is 1.73. The molecular weight excluding hydrogens is 429 g/mol. The summed E-state index contributed by atoms with van der Waals surface area (Å²) < 4.78 is 14.7. The molecule has 0 fully saturated rings. The van der Waals surface area contributed by atoms with Gasteiger partial charge in [-0.25, -0.2) is 9.07 Å². The smallest absolute Gasteiger partial charge is 0.251 e. The van der Waals surface area contributed by atoms with Gasteiger partial charge in [0.15, 0.2) is 0 Å². The Labute approximate surface area is 197 Å². The molecular formula is C27H22FN5O. The van der Waals surface area contributed by atoms with Crippen molar-refractivity contribution in [1.29, 1.82) is 5.26 Å². The maximum atomic E-state index is 13.1. The topological polar surface area (TPSA) is 74.8 Å². The van der Waals surface area contributed by atoms with Crippen molar-refractivity contribution in [2.75, 3.05) is 11.9 Å². The van der Waals surface area contributed by atoms with E-state index in [4.69, 9.17) is 0 Å². The molecule has 0 bridgehead atoms. The number of nitriles is 1. The van der Waals surface area contributed by atoms with Crippen molar-refractivity contribution in [2.24, 2.45) is 0 Å². The van der Waals surface area contributed by atoms with Crippen molar-refractivity contribution in [3.8, 4) is 17.3 Å². The summed E-state index contributed by atoms with van der Waals surface area (Å²) in [5.41, 5.74) is 4.17. The van der Waals surface area contributed by atoms with Crippen LogP contribution in [0, 0.1) is 17.1 Å². The number of hydrogen-bond donors (Lipinski definition) is 0. The molecule has 0 aliphatic carbocycles. The Morgan fingerprint density at radius 1 is 1.06 bits per heavy atom. The lowest BCUT2D eigenvalue weighted by molar-refractivity contribution is -0.121. The standard InChI is InChI=1S/C27H22FN5O/c1-19(27(34)32(2)25-6-4-3-5-7-25)33-18-26(30-31-33)22-12-10-21(11-13-22)23(17-29)16-20-8-14-24(28)15-9-20/h3-16,18-19H,1-2H3/b23-16+. The molecule has 0 saturated carbocycles. The van der Waals surface area contributed by atoms with Gasteiger partial charge in [0.05, 0.1) is 17.8 Å². The number of amides is 1. The first-order valence-corrected chi connectivity index (χ1v) is 10.7. The molecule has 1 aromatic heterocycles. The number of benzene rings is 3. The van der Waals surface area contributed by atoms with Gasteiger partial charge in [-0.2, -0.15) is 5.26 Å². The predicted molar refractivity (Wildman–Crippen MR) is 130 cm³/mol. The second-order valence-electron chi connectivity index (χ2n) is 7.79. The van der Waals surface area contributed by atoms with E-state index in [1.807, 2.05) is 54.6 Å². The van der Waals surface area contributed by atoms with Gasteiger partial charge in [0.2, 0.25) is 0 Å². The molecule has 0 aliphatic rings. The largest absolute Gasteiger partial charge is 0.314 e. The average Bonchev–Trinajstić information content (AvgIpc) is 3.38. The fourth-order valence-electron chi connectivity index (χ4n) is 3.50. The summed E-state index contributed by atoms with van der Waals surface area (Å²) in [6.07, 6.45) is 3.44. The Balaban J connectivity index is 1.51. The minimum atomic E-state index is -0.533. The van der Waals surface area contributed by atoms with E-state index < -0.39 is 6.04 Å². The van der Waals surface area contributed by atoms with E-state index in [9.17, 15) is 14.4 Å². The molecule has 0 radical (unpaired) electrons. The summed E-state index contributed by atoms with van der Waals surface area (Å²) in [6, 6.07) is 24.4.